The molecule has 0 N–H and O–H groups in total. The van der Waals surface area contributed by atoms with Gasteiger partial charge in [-0.1, -0.05) is 253 Å². The van der Waals surface area contributed by atoms with E-state index in [0.717, 1.165) is 122 Å². The Kier molecular flexibility index (Phi) is 55.9. The molecular weight excluding hydrogens is 877 g/mol. The summed E-state index contributed by atoms with van der Waals surface area (Å²) in [6, 6.07) is 0. The van der Waals surface area contributed by atoms with E-state index in [1.54, 1.807) is 0 Å². The Morgan fingerprint density at radius 3 is 0.901 bits per heavy atom. The maximum absolute atomic E-state index is 12.9. The Morgan fingerprint density at radius 2 is 0.549 bits per heavy atom. The molecule has 0 saturated heterocycles. The molecule has 0 aromatic carbocycles. The van der Waals surface area contributed by atoms with Crippen molar-refractivity contribution in [2.75, 3.05) is 13.2 Å². The second-order valence-electron chi connectivity index (χ2n) is 19.5. The van der Waals surface area contributed by atoms with Crippen LogP contribution in [0.4, 0.5) is 0 Å². The Labute approximate surface area is 438 Å². The molecule has 0 amide bonds. The van der Waals surface area contributed by atoms with Gasteiger partial charge < -0.3 is 14.2 Å². The van der Waals surface area contributed by atoms with Crippen LogP contribution in [0, 0.1) is 0 Å². The summed E-state index contributed by atoms with van der Waals surface area (Å²) in [5.41, 5.74) is 0. The number of rotatable bonds is 53. The van der Waals surface area contributed by atoms with Crippen molar-refractivity contribution in [2.24, 2.45) is 0 Å². The van der Waals surface area contributed by atoms with Crippen LogP contribution in [0.5, 0.6) is 0 Å². The predicted octanol–water partition coefficient (Wildman–Crippen LogP) is 20.1. The Hall–Kier alpha value is -3.67. The largest absolute Gasteiger partial charge is 0.462 e. The summed E-state index contributed by atoms with van der Waals surface area (Å²) in [6.45, 7) is 6.47. The number of hydrogen-bond acceptors (Lipinski definition) is 6. The van der Waals surface area contributed by atoms with E-state index in [2.05, 4.69) is 118 Å². The van der Waals surface area contributed by atoms with E-state index in [4.69, 9.17) is 14.2 Å². The summed E-state index contributed by atoms with van der Waals surface area (Å²) < 4.78 is 16.9. The lowest BCUT2D eigenvalue weighted by molar-refractivity contribution is -0.167. The zero-order valence-electron chi connectivity index (χ0n) is 46.5. The van der Waals surface area contributed by atoms with Gasteiger partial charge in [0.15, 0.2) is 6.10 Å². The third kappa shape index (κ3) is 57.1. The zero-order chi connectivity index (χ0) is 51.4. The van der Waals surface area contributed by atoms with E-state index >= 15 is 0 Å². The maximum atomic E-state index is 12.9. The standard InChI is InChI=1S/C65H110O6/c1-4-7-10-13-16-19-22-25-28-31-32-35-37-40-43-46-49-52-55-58-64(67)70-61-62(71-65(68)59-56-53-50-47-44-41-38-34-30-27-24-21-18-15-12-9-6-3)60-69-63(66)57-54-51-48-45-42-39-36-33-29-26-23-20-17-14-11-8-5-2/h7,10,16,18-19,21,25,27-28,30,32,35,38,40-41,43,62H,4-6,8-9,11-15,17,20,22-24,26,29,31,33-34,36-37,39,42,44-61H2,1-3H3/b10-7-,19-16-,21-18-,28-25-,30-27-,35-32-,41-38-,43-40-/t62-/m0/s1. The van der Waals surface area contributed by atoms with Gasteiger partial charge in [-0.15, -0.1) is 0 Å². The first-order chi connectivity index (χ1) is 35.0. The summed E-state index contributed by atoms with van der Waals surface area (Å²) in [5, 5.41) is 0. The molecule has 0 aliphatic heterocycles. The Balaban J connectivity index is 4.48. The Morgan fingerprint density at radius 1 is 0.296 bits per heavy atom. The number of allylic oxidation sites excluding steroid dienone is 16. The number of carbonyl (C=O) groups is 3. The number of esters is 3. The van der Waals surface area contributed by atoms with Gasteiger partial charge in [-0.25, -0.2) is 0 Å². The molecule has 0 saturated carbocycles. The molecule has 0 aliphatic rings. The van der Waals surface area contributed by atoms with Crippen molar-refractivity contribution in [1.29, 1.82) is 0 Å². The lowest BCUT2D eigenvalue weighted by Crippen LogP contribution is -2.30. The van der Waals surface area contributed by atoms with E-state index in [0.29, 0.717) is 19.3 Å². The lowest BCUT2D eigenvalue weighted by Gasteiger charge is -2.18. The molecule has 0 heterocycles. The highest BCUT2D eigenvalue weighted by Crippen LogP contribution is 2.16. The topological polar surface area (TPSA) is 78.9 Å². The minimum Gasteiger partial charge on any atom is -0.462 e. The molecule has 0 unspecified atom stereocenters. The first-order valence-corrected chi connectivity index (χ1v) is 29.7. The Bertz CT molecular complexity index is 1410. The van der Waals surface area contributed by atoms with E-state index in [9.17, 15) is 14.4 Å². The van der Waals surface area contributed by atoms with Crippen LogP contribution in [0.25, 0.3) is 0 Å². The minimum atomic E-state index is -0.803. The highest BCUT2D eigenvalue weighted by molar-refractivity contribution is 5.71. The second-order valence-corrected chi connectivity index (χ2v) is 19.5. The third-order valence-corrected chi connectivity index (χ3v) is 12.6. The van der Waals surface area contributed by atoms with Gasteiger partial charge >= 0.3 is 17.9 Å². The summed E-state index contributed by atoms with van der Waals surface area (Å²) in [4.78, 5) is 38.2. The van der Waals surface area contributed by atoms with E-state index in [1.165, 1.54) is 116 Å². The minimum absolute atomic E-state index is 0.0959. The van der Waals surface area contributed by atoms with Gasteiger partial charge in [0.2, 0.25) is 0 Å². The van der Waals surface area contributed by atoms with Crippen LogP contribution in [0.2, 0.25) is 0 Å². The molecule has 1 atom stereocenters. The van der Waals surface area contributed by atoms with Gasteiger partial charge in [0.05, 0.1) is 0 Å². The van der Waals surface area contributed by atoms with Crippen LogP contribution in [0.1, 0.15) is 278 Å². The van der Waals surface area contributed by atoms with E-state index in [1.807, 2.05) is 0 Å². The smallest absolute Gasteiger partial charge is 0.306 e. The fraction of sp³-hybridized carbons (Fsp3) is 0.708. The molecule has 0 aromatic rings. The van der Waals surface area contributed by atoms with Gasteiger partial charge in [-0.2, -0.15) is 0 Å². The van der Waals surface area contributed by atoms with Crippen molar-refractivity contribution in [3.63, 3.8) is 0 Å². The molecule has 0 spiro atoms. The van der Waals surface area contributed by atoms with Crippen molar-refractivity contribution < 1.29 is 28.6 Å². The monoisotopic (exact) mass is 987 g/mol. The van der Waals surface area contributed by atoms with Crippen molar-refractivity contribution in [3.8, 4) is 0 Å². The second kappa shape index (κ2) is 58.9. The van der Waals surface area contributed by atoms with E-state index < -0.39 is 6.10 Å². The first kappa shape index (κ1) is 67.3. The van der Waals surface area contributed by atoms with Gasteiger partial charge in [-0.3, -0.25) is 14.4 Å². The highest BCUT2D eigenvalue weighted by atomic mass is 16.6. The first-order valence-electron chi connectivity index (χ1n) is 29.7. The third-order valence-electron chi connectivity index (χ3n) is 12.6. The van der Waals surface area contributed by atoms with Crippen LogP contribution in [0.3, 0.4) is 0 Å². The molecule has 0 rings (SSSR count). The molecular formula is C65H110O6. The van der Waals surface area contributed by atoms with Crippen molar-refractivity contribution in [3.05, 3.63) is 97.2 Å². The molecule has 0 aliphatic carbocycles. The molecule has 406 valence electrons. The zero-order valence-corrected chi connectivity index (χ0v) is 46.5. The van der Waals surface area contributed by atoms with Gasteiger partial charge in [0, 0.05) is 19.3 Å². The molecule has 0 aromatic heterocycles. The fourth-order valence-electron chi connectivity index (χ4n) is 8.12. The highest BCUT2D eigenvalue weighted by Gasteiger charge is 2.19. The molecule has 0 bridgehead atoms. The summed E-state index contributed by atoms with van der Waals surface area (Å²) in [5.74, 6) is -0.944. The van der Waals surface area contributed by atoms with Crippen molar-refractivity contribution in [2.45, 2.75) is 284 Å². The SMILES string of the molecule is CC/C=C\C/C=C\C/C=C\C/C=C\C/C=C\CCCCCC(=O)OC[C@H](COC(=O)CCCCCCCCCCCCCCCCCCC)OC(=O)CCCCCC/C=C\C/C=C\C/C=C\CCCCC. The molecule has 0 fully saturated rings. The van der Waals surface area contributed by atoms with Crippen LogP contribution in [0.15, 0.2) is 97.2 Å². The number of unbranched alkanes of at least 4 members (excludes halogenated alkanes) is 26. The average Bonchev–Trinajstić information content (AvgIpc) is 3.37. The van der Waals surface area contributed by atoms with Gasteiger partial charge in [-0.05, 0) is 103 Å². The number of ether oxygens (including phenoxy) is 3. The lowest BCUT2D eigenvalue weighted by atomic mass is 10.0. The molecule has 6 heteroatoms. The van der Waals surface area contributed by atoms with Crippen molar-refractivity contribution >= 4 is 17.9 Å². The van der Waals surface area contributed by atoms with Gasteiger partial charge in [0.25, 0.3) is 0 Å². The maximum Gasteiger partial charge on any atom is 0.306 e. The summed E-state index contributed by atoms with van der Waals surface area (Å²) in [6.07, 6.45) is 78.2. The van der Waals surface area contributed by atoms with Crippen LogP contribution in [-0.4, -0.2) is 37.2 Å². The van der Waals surface area contributed by atoms with Crippen LogP contribution >= 0.6 is 0 Å². The average molecular weight is 988 g/mol. The quantitative estimate of drug-likeness (QED) is 0.0261. The van der Waals surface area contributed by atoms with Gasteiger partial charge in [0.1, 0.15) is 13.2 Å². The molecule has 0 radical (unpaired) electrons. The fourth-order valence-corrected chi connectivity index (χ4v) is 8.12. The normalized spacial score (nSPS) is 12.8. The molecule has 71 heavy (non-hydrogen) atoms. The van der Waals surface area contributed by atoms with Crippen LogP contribution < -0.4 is 0 Å². The van der Waals surface area contributed by atoms with Crippen molar-refractivity contribution in [1.82, 2.24) is 0 Å². The molecule has 6 nitrogen and oxygen atoms in total. The predicted molar refractivity (Wildman–Crippen MR) is 307 cm³/mol. The number of hydrogen-bond donors (Lipinski definition) is 0. The summed E-state index contributed by atoms with van der Waals surface area (Å²) in [7, 11) is 0. The summed E-state index contributed by atoms with van der Waals surface area (Å²) >= 11 is 0. The van der Waals surface area contributed by atoms with E-state index in [-0.39, 0.29) is 31.1 Å². The van der Waals surface area contributed by atoms with Crippen LogP contribution in [-0.2, 0) is 28.6 Å². The number of carbonyl (C=O) groups excluding carboxylic acids is 3.